The smallest absolute Gasteiger partial charge is 0.306 e. The molecule has 1 atom stereocenters. The second kappa shape index (κ2) is 56.4. The fourth-order valence-electron chi connectivity index (χ4n) is 7.29. The van der Waals surface area contributed by atoms with Crippen molar-refractivity contribution in [1.82, 2.24) is 0 Å². The van der Waals surface area contributed by atoms with E-state index >= 15 is 0 Å². The molecule has 1 unspecified atom stereocenters. The number of carbonyl (C=O) groups excluding carboxylic acids is 3. The van der Waals surface area contributed by atoms with Crippen LogP contribution in [-0.4, -0.2) is 37.2 Å². The summed E-state index contributed by atoms with van der Waals surface area (Å²) in [6.07, 6.45) is 77.6. The van der Waals surface area contributed by atoms with Crippen LogP contribution in [0, 0.1) is 0 Å². The zero-order chi connectivity index (χ0) is 50.0. The lowest BCUT2D eigenvalue weighted by Crippen LogP contribution is -2.30. The number of carbonyl (C=O) groups is 3. The first kappa shape index (κ1) is 64.8. The van der Waals surface area contributed by atoms with Crippen LogP contribution in [-0.2, 0) is 28.6 Å². The van der Waals surface area contributed by atoms with Gasteiger partial charge in [-0.2, -0.15) is 0 Å². The summed E-state index contributed by atoms with van der Waals surface area (Å²) in [7, 11) is 0. The van der Waals surface area contributed by atoms with Gasteiger partial charge in [-0.05, 0) is 122 Å². The average molecular weight is 956 g/mol. The molecule has 0 bridgehead atoms. The highest BCUT2D eigenvalue weighted by atomic mass is 16.6. The van der Waals surface area contributed by atoms with E-state index in [4.69, 9.17) is 14.2 Å². The van der Waals surface area contributed by atoms with Crippen molar-refractivity contribution < 1.29 is 28.6 Å². The van der Waals surface area contributed by atoms with Crippen LogP contribution in [0.2, 0.25) is 0 Å². The van der Waals surface area contributed by atoms with Crippen molar-refractivity contribution in [1.29, 1.82) is 0 Å². The van der Waals surface area contributed by atoms with Crippen molar-refractivity contribution in [2.75, 3.05) is 13.2 Å². The Bertz CT molecular complexity index is 1470. The van der Waals surface area contributed by atoms with Crippen molar-refractivity contribution in [3.63, 3.8) is 0 Å². The van der Waals surface area contributed by atoms with Crippen LogP contribution in [0.1, 0.15) is 239 Å². The van der Waals surface area contributed by atoms with Gasteiger partial charge in [0.1, 0.15) is 13.2 Å². The highest BCUT2D eigenvalue weighted by Gasteiger charge is 2.19. The Kier molecular flexibility index (Phi) is 53.0. The highest BCUT2D eigenvalue weighted by Crippen LogP contribution is 2.14. The van der Waals surface area contributed by atoms with Gasteiger partial charge in [-0.25, -0.2) is 0 Å². The van der Waals surface area contributed by atoms with E-state index in [1.165, 1.54) is 70.6 Å². The Labute approximate surface area is 424 Å². The fourth-order valence-corrected chi connectivity index (χ4v) is 7.29. The van der Waals surface area contributed by atoms with Gasteiger partial charge in [0.2, 0.25) is 0 Å². The van der Waals surface area contributed by atoms with Crippen LogP contribution in [0.3, 0.4) is 0 Å². The van der Waals surface area contributed by atoms with Crippen LogP contribution < -0.4 is 0 Å². The molecule has 0 fully saturated rings. The molecule has 0 aliphatic rings. The monoisotopic (exact) mass is 955 g/mol. The van der Waals surface area contributed by atoms with Gasteiger partial charge in [-0.15, -0.1) is 0 Å². The van der Waals surface area contributed by atoms with Crippen LogP contribution in [0.25, 0.3) is 0 Å². The van der Waals surface area contributed by atoms with Gasteiger partial charge in [0.25, 0.3) is 0 Å². The van der Waals surface area contributed by atoms with E-state index in [0.29, 0.717) is 19.3 Å². The summed E-state index contributed by atoms with van der Waals surface area (Å²) in [6.45, 7) is 6.32. The Morgan fingerprint density at radius 2 is 0.580 bits per heavy atom. The first-order chi connectivity index (χ1) is 34.0. The van der Waals surface area contributed by atoms with E-state index in [2.05, 4.69) is 142 Å². The minimum atomic E-state index is -0.821. The molecule has 390 valence electrons. The highest BCUT2D eigenvalue weighted by molar-refractivity contribution is 5.71. The van der Waals surface area contributed by atoms with Crippen molar-refractivity contribution in [3.05, 3.63) is 122 Å². The Morgan fingerprint density at radius 1 is 0.304 bits per heavy atom. The molecule has 0 rings (SSSR count). The second-order valence-electron chi connectivity index (χ2n) is 18.1. The Hall–Kier alpha value is -4.19. The molecule has 0 radical (unpaired) electrons. The zero-order valence-electron chi connectivity index (χ0n) is 44.5. The molecule has 69 heavy (non-hydrogen) atoms. The quantitative estimate of drug-likeness (QED) is 0.0262. The number of hydrogen-bond donors (Lipinski definition) is 0. The summed E-state index contributed by atoms with van der Waals surface area (Å²) in [5, 5.41) is 0. The molecule has 0 saturated carbocycles. The van der Waals surface area contributed by atoms with Gasteiger partial charge in [0.15, 0.2) is 6.10 Å². The van der Waals surface area contributed by atoms with E-state index < -0.39 is 6.10 Å². The molecule has 0 aromatic rings. The topological polar surface area (TPSA) is 78.9 Å². The van der Waals surface area contributed by atoms with Crippen LogP contribution in [0.4, 0.5) is 0 Å². The lowest BCUT2D eigenvalue weighted by Gasteiger charge is -2.18. The number of ether oxygens (including phenoxy) is 3. The number of esters is 3. The fraction of sp³-hybridized carbons (Fsp3) is 0.635. The maximum absolute atomic E-state index is 12.8. The van der Waals surface area contributed by atoms with E-state index in [9.17, 15) is 14.4 Å². The second-order valence-corrected chi connectivity index (χ2v) is 18.1. The molecule has 0 amide bonds. The summed E-state index contributed by atoms with van der Waals surface area (Å²) >= 11 is 0. The SMILES string of the molecule is CC/C=C\C/C=C\C/C=C\C/C=C\C/C=C\CCCC(=O)OC(COC(=O)CCCCCCC/C=C\C/C=C\C/C=C\CC)COC(=O)CCCCCCCCCCC/C=C\C/C=C\CCCCC. The van der Waals surface area contributed by atoms with Gasteiger partial charge < -0.3 is 14.2 Å². The van der Waals surface area contributed by atoms with E-state index in [0.717, 1.165) is 122 Å². The molecule has 0 saturated heterocycles. The molecule has 0 heterocycles. The lowest BCUT2D eigenvalue weighted by atomic mass is 10.1. The van der Waals surface area contributed by atoms with E-state index in [1.54, 1.807) is 0 Å². The van der Waals surface area contributed by atoms with Crippen LogP contribution in [0.15, 0.2) is 122 Å². The molecule has 0 aliphatic heterocycles. The molecule has 0 N–H and O–H groups in total. The van der Waals surface area contributed by atoms with E-state index in [1.807, 2.05) is 0 Å². The number of allylic oxidation sites excluding steroid dienone is 20. The third kappa shape index (κ3) is 54.6. The molecular formula is C63H102O6. The Balaban J connectivity index is 4.51. The van der Waals surface area contributed by atoms with Gasteiger partial charge in [-0.1, -0.05) is 219 Å². The summed E-state index contributed by atoms with van der Waals surface area (Å²) < 4.78 is 16.8. The standard InChI is InChI=1S/C63H102O6/c1-4-7-10-13-16-19-22-25-28-30-31-33-35-38-41-44-47-50-53-56-62(65)68-59-60(58-67-61(64)55-52-49-46-43-40-37-34-27-24-21-18-15-12-9-6-3)69-63(66)57-54-51-48-45-42-39-36-32-29-26-23-20-17-14-11-8-5-2/h8-9,11-12,16-21,25-29,34,36,39,45,48,60H,4-7,10,13-15,22-24,30-33,35,37-38,40-44,46-47,49-59H2,1-3H3/b11-8-,12-9-,19-16-,20-17-,21-18-,28-25-,29-26-,34-27-,39-36-,48-45-. The molecule has 0 aliphatic carbocycles. The van der Waals surface area contributed by atoms with Gasteiger partial charge in [0, 0.05) is 19.3 Å². The third-order valence-electron chi connectivity index (χ3n) is 11.4. The lowest BCUT2D eigenvalue weighted by molar-refractivity contribution is -0.167. The van der Waals surface area contributed by atoms with Crippen molar-refractivity contribution in [3.8, 4) is 0 Å². The van der Waals surface area contributed by atoms with Crippen molar-refractivity contribution in [2.45, 2.75) is 245 Å². The van der Waals surface area contributed by atoms with Crippen molar-refractivity contribution >= 4 is 17.9 Å². The van der Waals surface area contributed by atoms with Gasteiger partial charge in [-0.3, -0.25) is 14.4 Å². The zero-order valence-corrected chi connectivity index (χ0v) is 44.5. The normalized spacial score (nSPS) is 13.0. The maximum Gasteiger partial charge on any atom is 0.306 e. The van der Waals surface area contributed by atoms with Crippen LogP contribution in [0.5, 0.6) is 0 Å². The first-order valence-corrected chi connectivity index (χ1v) is 28.0. The predicted molar refractivity (Wildman–Crippen MR) is 297 cm³/mol. The summed E-state index contributed by atoms with van der Waals surface area (Å²) in [5.41, 5.74) is 0. The van der Waals surface area contributed by atoms with E-state index in [-0.39, 0.29) is 37.5 Å². The minimum absolute atomic E-state index is 0.111. The molecule has 0 aromatic heterocycles. The third-order valence-corrected chi connectivity index (χ3v) is 11.4. The molecule has 6 nitrogen and oxygen atoms in total. The number of unbranched alkanes of at least 4 members (excludes halogenated alkanes) is 18. The molecule has 0 aromatic carbocycles. The minimum Gasteiger partial charge on any atom is -0.462 e. The summed E-state index contributed by atoms with van der Waals surface area (Å²) in [4.78, 5) is 38.1. The maximum atomic E-state index is 12.8. The number of rotatable bonds is 49. The van der Waals surface area contributed by atoms with Gasteiger partial charge in [0.05, 0.1) is 0 Å². The largest absolute Gasteiger partial charge is 0.462 e. The molecular weight excluding hydrogens is 853 g/mol. The molecule has 0 spiro atoms. The summed E-state index contributed by atoms with van der Waals surface area (Å²) in [6, 6.07) is 0. The van der Waals surface area contributed by atoms with Crippen LogP contribution >= 0.6 is 0 Å². The number of hydrogen-bond acceptors (Lipinski definition) is 6. The predicted octanol–water partition coefficient (Wildman–Crippen LogP) is 18.9. The average Bonchev–Trinajstić information content (AvgIpc) is 3.35. The Morgan fingerprint density at radius 3 is 0.928 bits per heavy atom. The first-order valence-electron chi connectivity index (χ1n) is 28.0. The van der Waals surface area contributed by atoms with Gasteiger partial charge >= 0.3 is 17.9 Å². The van der Waals surface area contributed by atoms with Crippen molar-refractivity contribution in [2.24, 2.45) is 0 Å². The summed E-state index contributed by atoms with van der Waals surface area (Å²) in [5.74, 6) is -0.995. The molecule has 6 heteroatoms.